The van der Waals surface area contributed by atoms with Crippen molar-refractivity contribution < 1.29 is 28.5 Å². The Hall–Kier alpha value is -3.04. The summed E-state index contributed by atoms with van der Waals surface area (Å²) in [5, 5.41) is 3.03. The molecule has 1 aromatic heterocycles. The number of benzene rings is 1. The number of hydrogen-bond donors (Lipinski definition) is 1. The van der Waals surface area contributed by atoms with Crippen molar-refractivity contribution in [2.24, 2.45) is 0 Å². The molecule has 2 saturated heterocycles. The Balaban J connectivity index is 1.30. The first kappa shape index (κ1) is 22.2. The minimum absolute atomic E-state index is 0.000809. The van der Waals surface area contributed by atoms with Crippen LogP contribution in [0.3, 0.4) is 0 Å². The molecule has 2 aliphatic heterocycles. The lowest BCUT2D eigenvalue weighted by Crippen LogP contribution is -2.34. The Morgan fingerprint density at radius 3 is 2.72 bits per heavy atom. The fourth-order valence-electron chi connectivity index (χ4n) is 3.50. The van der Waals surface area contributed by atoms with Crippen molar-refractivity contribution in [2.75, 3.05) is 38.3 Å². The fraction of sp³-hybridized carbons (Fsp3) is 0.409. The Kier molecular flexibility index (Phi) is 6.96. The molecule has 1 unspecified atom stereocenters. The summed E-state index contributed by atoms with van der Waals surface area (Å²) in [5.41, 5.74) is 0.992. The summed E-state index contributed by atoms with van der Waals surface area (Å²) in [7, 11) is 1.58. The van der Waals surface area contributed by atoms with Crippen LogP contribution in [-0.2, 0) is 9.47 Å². The number of halogens is 1. The lowest BCUT2D eigenvalue weighted by molar-refractivity contribution is 0.0238. The summed E-state index contributed by atoms with van der Waals surface area (Å²) in [4.78, 5) is 30.4. The van der Waals surface area contributed by atoms with E-state index in [2.05, 4.69) is 10.3 Å². The third kappa shape index (κ3) is 5.23. The summed E-state index contributed by atoms with van der Waals surface area (Å²) in [6.45, 7) is 1.77. The van der Waals surface area contributed by atoms with Gasteiger partial charge in [-0.05, 0) is 30.3 Å². The van der Waals surface area contributed by atoms with E-state index in [1.54, 1.807) is 31.4 Å². The van der Waals surface area contributed by atoms with Gasteiger partial charge in [-0.3, -0.25) is 9.69 Å². The zero-order valence-electron chi connectivity index (χ0n) is 17.6. The largest absolute Gasteiger partial charge is 0.497 e. The lowest BCUT2D eigenvalue weighted by atomic mass is 10.1. The molecule has 0 aliphatic carbocycles. The summed E-state index contributed by atoms with van der Waals surface area (Å²) >= 11 is 6.26. The number of amides is 2. The van der Waals surface area contributed by atoms with Gasteiger partial charge in [0.15, 0.2) is 0 Å². The van der Waals surface area contributed by atoms with Crippen LogP contribution in [0.4, 0.5) is 10.5 Å². The highest BCUT2D eigenvalue weighted by Crippen LogP contribution is 2.26. The molecule has 0 radical (unpaired) electrons. The van der Waals surface area contributed by atoms with E-state index in [0.29, 0.717) is 42.6 Å². The average Bonchev–Trinajstić information content (AvgIpc) is 3.20. The first-order chi connectivity index (χ1) is 15.5. The second kappa shape index (κ2) is 10.1. The molecule has 10 heteroatoms. The normalized spacial score (nSPS) is 18.9. The van der Waals surface area contributed by atoms with Crippen molar-refractivity contribution in [3.05, 3.63) is 47.1 Å². The van der Waals surface area contributed by atoms with Gasteiger partial charge in [0, 0.05) is 24.7 Å². The molecular formula is C22H24ClN3O6. The Morgan fingerprint density at radius 2 is 2.03 bits per heavy atom. The van der Waals surface area contributed by atoms with Crippen molar-refractivity contribution in [3.8, 4) is 11.6 Å². The van der Waals surface area contributed by atoms with Crippen LogP contribution < -0.4 is 19.7 Å². The number of methoxy groups -OCH3 is 1. The first-order valence-electron chi connectivity index (χ1n) is 10.3. The van der Waals surface area contributed by atoms with E-state index in [1.807, 2.05) is 0 Å². The molecule has 0 bridgehead atoms. The first-order valence-corrected chi connectivity index (χ1v) is 10.7. The monoisotopic (exact) mass is 461 g/mol. The smallest absolute Gasteiger partial charge is 0.414 e. The standard InChI is InChI=1S/C22H24ClN3O6/c1-29-16-4-2-15(3-5-16)26-13-18(32-22(26)28)12-24-20(27)14-10-19(23)21(25-11-14)31-17-6-8-30-9-7-17/h2-5,10-11,17-18H,6-9,12-13H2,1H3,(H,24,27). The number of rotatable bonds is 7. The second-order valence-electron chi connectivity index (χ2n) is 7.46. The number of ether oxygens (including phenoxy) is 4. The molecule has 2 aromatic rings. The fourth-order valence-corrected chi connectivity index (χ4v) is 3.71. The molecule has 0 saturated carbocycles. The number of carbonyl (C=O) groups is 2. The van der Waals surface area contributed by atoms with Gasteiger partial charge in [0.1, 0.15) is 23.0 Å². The number of anilines is 1. The molecule has 2 fully saturated rings. The van der Waals surface area contributed by atoms with Gasteiger partial charge < -0.3 is 24.3 Å². The zero-order valence-corrected chi connectivity index (χ0v) is 18.3. The van der Waals surface area contributed by atoms with Gasteiger partial charge in [-0.15, -0.1) is 0 Å². The van der Waals surface area contributed by atoms with Crippen LogP contribution in [0.15, 0.2) is 36.5 Å². The highest BCUT2D eigenvalue weighted by Gasteiger charge is 2.32. The van der Waals surface area contributed by atoms with E-state index in [4.69, 9.17) is 30.5 Å². The van der Waals surface area contributed by atoms with Crippen LogP contribution in [0, 0.1) is 0 Å². The van der Waals surface area contributed by atoms with E-state index >= 15 is 0 Å². The summed E-state index contributed by atoms with van der Waals surface area (Å²) in [6.07, 6.45) is 2.02. The average molecular weight is 462 g/mol. The van der Waals surface area contributed by atoms with Crippen LogP contribution in [0.2, 0.25) is 5.02 Å². The van der Waals surface area contributed by atoms with Crippen molar-refractivity contribution in [3.63, 3.8) is 0 Å². The maximum Gasteiger partial charge on any atom is 0.414 e. The Morgan fingerprint density at radius 1 is 1.28 bits per heavy atom. The predicted octanol–water partition coefficient (Wildman–Crippen LogP) is 3.06. The minimum Gasteiger partial charge on any atom is -0.497 e. The highest BCUT2D eigenvalue weighted by molar-refractivity contribution is 6.32. The molecular weight excluding hydrogens is 438 g/mol. The number of pyridine rings is 1. The van der Waals surface area contributed by atoms with Crippen LogP contribution in [0.1, 0.15) is 23.2 Å². The topological polar surface area (TPSA) is 99.2 Å². The van der Waals surface area contributed by atoms with Crippen LogP contribution in [-0.4, -0.2) is 62.6 Å². The number of hydrogen-bond acceptors (Lipinski definition) is 7. The molecule has 1 N–H and O–H groups in total. The third-order valence-electron chi connectivity index (χ3n) is 5.26. The SMILES string of the molecule is COc1ccc(N2CC(CNC(=O)c3cnc(OC4CCOCC4)c(Cl)c3)OC2=O)cc1. The van der Waals surface area contributed by atoms with Crippen LogP contribution in [0.5, 0.6) is 11.6 Å². The predicted molar refractivity (Wildman–Crippen MR) is 117 cm³/mol. The molecule has 3 heterocycles. The molecule has 9 nitrogen and oxygen atoms in total. The van der Waals surface area contributed by atoms with Gasteiger partial charge >= 0.3 is 6.09 Å². The Bertz CT molecular complexity index is 965. The number of cyclic esters (lactones) is 1. The molecule has 2 amide bonds. The number of nitrogens with zero attached hydrogens (tertiary/aromatic N) is 2. The van der Waals surface area contributed by atoms with Gasteiger partial charge in [0.25, 0.3) is 5.91 Å². The number of nitrogens with one attached hydrogen (secondary N) is 1. The summed E-state index contributed by atoms with van der Waals surface area (Å²) in [6, 6.07) is 8.61. The van der Waals surface area contributed by atoms with Crippen molar-refractivity contribution in [1.82, 2.24) is 10.3 Å². The third-order valence-corrected chi connectivity index (χ3v) is 5.54. The second-order valence-corrected chi connectivity index (χ2v) is 7.87. The molecule has 0 spiro atoms. The molecule has 170 valence electrons. The van der Waals surface area contributed by atoms with Crippen molar-refractivity contribution in [1.29, 1.82) is 0 Å². The minimum atomic E-state index is -0.479. The molecule has 1 atom stereocenters. The van der Waals surface area contributed by atoms with Gasteiger partial charge in [0.2, 0.25) is 5.88 Å². The van der Waals surface area contributed by atoms with E-state index in [0.717, 1.165) is 12.8 Å². The molecule has 1 aromatic carbocycles. The van der Waals surface area contributed by atoms with Crippen molar-refractivity contribution >= 4 is 29.3 Å². The van der Waals surface area contributed by atoms with E-state index in [9.17, 15) is 9.59 Å². The van der Waals surface area contributed by atoms with E-state index in [-0.39, 0.29) is 23.6 Å². The highest BCUT2D eigenvalue weighted by atomic mass is 35.5. The maximum absolute atomic E-state index is 12.5. The van der Waals surface area contributed by atoms with Gasteiger partial charge in [-0.1, -0.05) is 11.6 Å². The quantitative estimate of drug-likeness (QED) is 0.676. The zero-order chi connectivity index (χ0) is 22.5. The maximum atomic E-state index is 12.5. The number of aromatic nitrogens is 1. The Labute approximate surface area is 190 Å². The molecule has 4 rings (SSSR count). The van der Waals surface area contributed by atoms with E-state index in [1.165, 1.54) is 17.2 Å². The van der Waals surface area contributed by atoms with Crippen LogP contribution >= 0.6 is 11.6 Å². The lowest BCUT2D eigenvalue weighted by Gasteiger charge is -2.23. The van der Waals surface area contributed by atoms with Crippen molar-refractivity contribution in [2.45, 2.75) is 25.0 Å². The summed E-state index contributed by atoms with van der Waals surface area (Å²) in [5.74, 6) is 0.632. The van der Waals surface area contributed by atoms with Gasteiger partial charge in [-0.2, -0.15) is 0 Å². The molecule has 32 heavy (non-hydrogen) atoms. The summed E-state index contributed by atoms with van der Waals surface area (Å²) < 4.78 is 21.6. The molecule has 2 aliphatic rings. The van der Waals surface area contributed by atoms with E-state index < -0.39 is 12.2 Å². The van der Waals surface area contributed by atoms with Crippen LogP contribution in [0.25, 0.3) is 0 Å². The van der Waals surface area contributed by atoms with Gasteiger partial charge in [-0.25, -0.2) is 9.78 Å². The number of carbonyl (C=O) groups excluding carboxylic acids is 2. The van der Waals surface area contributed by atoms with Gasteiger partial charge in [0.05, 0.1) is 39.0 Å².